The molecule has 0 unspecified atom stereocenters. The first-order valence-electron chi connectivity index (χ1n) is 10.4. The van der Waals surface area contributed by atoms with E-state index in [9.17, 15) is 14.7 Å². The van der Waals surface area contributed by atoms with Crippen LogP contribution in [-0.4, -0.2) is 28.6 Å². The van der Waals surface area contributed by atoms with Crippen molar-refractivity contribution in [1.29, 1.82) is 0 Å². The summed E-state index contributed by atoms with van der Waals surface area (Å²) in [4.78, 5) is 24.9. The predicted octanol–water partition coefficient (Wildman–Crippen LogP) is 5.79. The van der Waals surface area contributed by atoms with Gasteiger partial charge in [0.05, 0.1) is 0 Å². The molecular formula is C25H26N2O5S. The highest BCUT2D eigenvalue weighted by molar-refractivity contribution is 7.98. The van der Waals surface area contributed by atoms with E-state index >= 15 is 0 Å². The molecule has 4 N–H and O–H groups in total. The number of carbonyl (C=O) groups excluding carboxylic acids is 2. The second kappa shape index (κ2) is 11.9. The van der Waals surface area contributed by atoms with Crippen LogP contribution in [0.2, 0.25) is 0 Å². The lowest BCUT2D eigenvalue weighted by molar-refractivity contribution is -0.124. The maximum Gasteiger partial charge on any atom is 0.412 e. The van der Waals surface area contributed by atoms with Crippen molar-refractivity contribution in [2.75, 3.05) is 11.6 Å². The highest BCUT2D eigenvalue weighted by Gasteiger charge is 2.20. The predicted molar refractivity (Wildman–Crippen MR) is 130 cm³/mol. The molecule has 0 aliphatic heterocycles. The van der Waals surface area contributed by atoms with Crippen LogP contribution in [0, 0.1) is 0 Å². The number of amides is 2. The van der Waals surface area contributed by atoms with E-state index in [2.05, 4.69) is 5.32 Å². The molecule has 1 atom stereocenters. The monoisotopic (exact) mass is 466 g/mol. The van der Waals surface area contributed by atoms with Crippen molar-refractivity contribution in [3.8, 4) is 5.75 Å². The van der Waals surface area contributed by atoms with Gasteiger partial charge in [0.15, 0.2) is 0 Å². The number of thioether (sulfide) groups is 1. The van der Waals surface area contributed by atoms with Gasteiger partial charge >= 0.3 is 6.09 Å². The van der Waals surface area contributed by atoms with Crippen LogP contribution in [0.3, 0.4) is 0 Å². The van der Waals surface area contributed by atoms with E-state index in [0.29, 0.717) is 30.3 Å². The van der Waals surface area contributed by atoms with Crippen molar-refractivity contribution in [2.45, 2.75) is 30.3 Å². The molecule has 172 valence electrons. The average Bonchev–Trinajstić information content (AvgIpc) is 2.84. The van der Waals surface area contributed by atoms with Gasteiger partial charge in [-0.1, -0.05) is 36.4 Å². The van der Waals surface area contributed by atoms with Crippen LogP contribution in [0.1, 0.15) is 30.9 Å². The van der Waals surface area contributed by atoms with Crippen LogP contribution >= 0.6 is 11.8 Å². The van der Waals surface area contributed by atoms with Crippen LogP contribution in [0.4, 0.5) is 10.5 Å². The number of nitrogens with one attached hydrogen (secondary N) is 2. The molecule has 2 amide bonds. The largest absolute Gasteiger partial charge is 0.507 e. The van der Waals surface area contributed by atoms with Crippen molar-refractivity contribution < 1.29 is 24.6 Å². The number of rotatable bonds is 9. The molecule has 3 aromatic carbocycles. The zero-order valence-corrected chi connectivity index (χ0v) is 19.0. The van der Waals surface area contributed by atoms with Gasteiger partial charge in [-0.05, 0) is 61.2 Å². The molecule has 8 heteroatoms. The Balaban J connectivity index is 1.78. The summed E-state index contributed by atoms with van der Waals surface area (Å²) in [5.74, 6) is -0.441. The van der Waals surface area contributed by atoms with Crippen LogP contribution in [0.25, 0.3) is 10.8 Å². The van der Waals surface area contributed by atoms with Gasteiger partial charge in [0.1, 0.15) is 11.9 Å². The third-order valence-electron chi connectivity index (χ3n) is 5.08. The number of hydrogen-bond acceptors (Lipinski definition) is 6. The molecular weight excluding hydrogens is 440 g/mol. The lowest BCUT2D eigenvalue weighted by atomic mass is 9.96. The Labute approximate surface area is 196 Å². The molecule has 3 aromatic rings. The number of carbonyl (C=O) groups is 2. The summed E-state index contributed by atoms with van der Waals surface area (Å²) >= 11 is 1.61. The standard InChI is InChI=1S/C25H26N2O5S/c1-33-18-13-11-17(12-14-18)26-25(30)32-23(9-3-2-4-10-24(29)27-31)21-15-16-22(28)20-8-6-5-7-19(20)21/h4-8,10-16,23,28,31H,2-3,9H2,1H3,(H,26,30)(H,27,29)/b10-4+/t23-/m1/s1. The molecule has 0 aliphatic rings. The Hall–Kier alpha value is -3.49. The number of phenolic OH excluding ortho intramolecular Hbond substituents is 1. The Bertz CT molecular complexity index is 1130. The van der Waals surface area contributed by atoms with Gasteiger partial charge in [-0.3, -0.25) is 15.3 Å². The second-order valence-electron chi connectivity index (χ2n) is 7.28. The average molecular weight is 467 g/mol. The highest BCUT2D eigenvalue weighted by atomic mass is 32.2. The van der Waals surface area contributed by atoms with E-state index in [0.717, 1.165) is 15.8 Å². The topological polar surface area (TPSA) is 108 Å². The zero-order chi connectivity index (χ0) is 23.6. The molecule has 0 saturated carbocycles. The van der Waals surface area contributed by atoms with Gasteiger partial charge in [0.2, 0.25) is 0 Å². The normalized spacial score (nSPS) is 11.9. The zero-order valence-electron chi connectivity index (χ0n) is 18.2. The van der Waals surface area contributed by atoms with Crippen LogP contribution in [0.15, 0.2) is 77.7 Å². The Morgan fingerprint density at radius 2 is 1.79 bits per heavy atom. The number of benzene rings is 3. The molecule has 7 nitrogen and oxygen atoms in total. The number of hydrogen-bond donors (Lipinski definition) is 4. The minimum absolute atomic E-state index is 0.157. The summed E-state index contributed by atoms with van der Waals surface area (Å²) in [5, 5.41) is 23.0. The SMILES string of the molecule is CSc1ccc(NC(=O)O[C@H](CCC/C=C/C(=O)NO)c2ccc(O)c3ccccc23)cc1. The summed E-state index contributed by atoms with van der Waals surface area (Å²) in [5.41, 5.74) is 2.96. The molecule has 0 aliphatic carbocycles. The highest BCUT2D eigenvalue weighted by Crippen LogP contribution is 2.35. The molecule has 0 bridgehead atoms. The first-order valence-corrected chi connectivity index (χ1v) is 11.7. The summed E-state index contributed by atoms with van der Waals surface area (Å²) < 4.78 is 5.81. The van der Waals surface area contributed by atoms with Gasteiger partial charge in [0, 0.05) is 27.6 Å². The van der Waals surface area contributed by atoms with E-state index in [1.807, 2.05) is 54.8 Å². The van der Waals surface area contributed by atoms with Gasteiger partial charge in [-0.2, -0.15) is 0 Å². The fourth-order valence-electron chi connectivity index (χ4n) is 3.46. The second-order valence-corrected chi connectivity index (χ2v) is 8.16. The number of aromatic hydroxyl groups is 1. The summed E-state index contributed by atoms with van der Waals surface area (Å²) in [6, 6.07) is 18.2. The number of fused-ring (bicyclic) bond motifs is 1. The van der Waals surface area contributed by atoms with Crippen LogP contribution < -0.4 is 10.8 Å². The fourth-order valence-corrected chi connectivity index (χ4v) is 3.87. The first kappa shape index (κ1) is 24.2. The minimum atomic E-state index is -0.598. The van der Waals surface area contributed by atoms with Gasteiger partial charge in [0.25, 0.3) is 5.91 Å². The molecule has 3 rings (SSSR count). The van der Waals surface area contributed by atoms with Crippen LogP contribution in [0.5, 0.6) is 5.75 Å². The number of ether oxygens (including phenoxy) is 1. The minimum Gasteiger partial charge on any atom is -0.507 e. The maximum atomic E-state index is 12.7. The quantitative estimate of drug-likeness (QED) is 0.105. The molecule has 0 heterocycles. The first-order chi connectivity index (χ1) is 16.0. The molecule has 0 fully saturated rings. The van der Waals surface area contributed by atoms with Gasteiger partial charge < -0.3 is 9.84 Å². The van der Waals surface area contributed by atoms with Gasteiger partial charge in [-0.15, -0.1) is 11.8 Å². The third-order valence-corrected chi connectivity index (χ3v) is 5.83. The maximum absolute atomic E-state index is 12.7. The summed E-state index contributed by atoms with van der Waals surface area (Å²) in [7, 11) is 0. The van der Waals surface area contributed by atoms with Crippen molar-refractivity contribution in [3.63, 3.8) is 0 Å². The van der Waals surface area contributed by atoms with E-state index in [1.54, 1.807) is 35.5 Å². The number of allylic oxidation sites excluding steroid dienone is 1. The van der Waals surface area contributed by atoms with Crippen molar-refractivity contribution in [3.05, 3.63) is 78.4 Å². The summed E-state index contributed by atoms with van der Waals surface area (Å²) in [6.45, 7) is 0. The third kappa shape index (κ3) is 6.74. The summed E-state index contributed by atoms with van der Waals surface area (Å²) in [6.07, 6.45) is 5.41. The van der Waals surface area contributed by atoms with Gasteiger partial charge in [-0.25, -0.2) is 10.3 Å². The lowest BCUT2D eigenvalue weighted by Crippen LogP contribution is -2.18. The van der Waals surface area contributed by atoms with Crippen molar-refractivity contribution in [2.24, 2.45) is 0 Å². The number of phenols is 1. The van der Waals surface area contributed by atoms with Crippen molar-refractivity contribution >= 4 is 40.2 Å². The van der Waals surface area contributed by atoms with Crippen LogP contribution in [-0.2, 0) is 9.53 Å². The molecule has 0 spiro atoms. The molecule has 33 heavy (non-hydrogen) atoms. The van der Waals surface area contributed by atoms with E-state index < -0.39 is 18.1 Å². The Kier molecular flexibility index (Phi) is 8.74. The van der Waals surface area contributed by atoms with E-state index in [-0.39, 0.29) is 5.75 Å². The fraction of sp³-hybridized carbons (Fsp3) is 0.200. The Morgan fingerprint density at radius 3 is 2.48 bits per heavy atom. The number of unbranched alkanes of at least 4 members (excludes halogenated alkanes) is 1. The molecule has 0 aromatic heterocycles. The Morgan fingerprint density at radius 1 is 1.06 bits per heavy atom. The van der Waals surface area contributed by atoms with E-state index in [1.165, 1.54) is 6.08 Å². The number of anilines is 1. The van der Waals surface area contributed by atoms with E-state index in [4.69, 9.17) is 9.94 Å². The smallest absolute Gasteiger partial charge is 0.412 e. The lowest BCUT2D eigenvalue weighted by Gasteiger charge is -2.21. The van der Waals surface area contributed by atoms with Crippen molar-refractivity contribution in [1.82, 2.24) is 5.48 Å². The number of hydroxylamine groups is 1. The molecule has 0 radical (unpaired) electrons. The molecule has 0 saturated heterocycles.